The van der Waals surface area contributed by atoms with Crippen LogP contribution in [0.4, 0.5) is 0 Å². The van der Waals surface area contributed by atoms with Crippen molar-refractivity contribution in [2.75, 3.05) is 31.1 Å². The summed E-state index contributed by atoms with van der Waals surface area (Å²) in [6.07, 6.45) is 7.15. The third-order valence-corrected chi connectivity index (χ3v) is 5.13. The molecule has 16 heavy (non-hydrogen) atoms. The Balaban J connectivity index is 1.59. The van der Waals surface area contributed by atoms with Crippen LogP contribution in [0.3, 0.4) is 0 Å². The maximum Gasteiger partial charge on any atom is 0.0158 e. The molecular formula is C13H26N2S. The van der Waals surface area contributed by atoms with E-state index in [2.05, 4.69) is 28.9 Å². The van der Waals surface area contributed by atoms with E-state index in [9.17, 15) is 0 Å². The maximum atomic E-state index is 3.74. The minimum absolute atomic E-state index is 0.784. The van der Waals surface area contributed by atoms with Gasteiger partial charge in [0.15, 0.2) is 0 Å². The second-order valence-electron chi connectivity index (χ2n) is 5.25. The molecule has 0 aromatic heterocycles. The number of rotatable bonds is 4. The van der Waals surface area contributed by atoms with Crippen molar-refractivity contribution < 1.29 is 0 Å². The van der Waals surface area contributed by atoms with E-state index in [-0.39, 0.29) is 0 Å². The van der Waals surface area contributed by atoms with Crippen molar-refractivity contribution in [3.63, 3.8) is 0 Å². The maximum absolute atomic E-state index is 3.74. The average molecular weight is 242 g/mol. The Morgan fingerprint density at radius 1 is 1.25 bits per heavy atom. The summed E-state index contributed by atoms with van der Waals surface area (Å²) in [7, 11) is 0. The summed E-state index contributed by atoms with van der Waals surface area (Å²) in [5.74, 6) is 2.65. The predicted molar refractivity (Wildman–Crippen MR) is 73.2 cm³/mol. The number of thioether (sulfide) groups is 1. The quantitative estimate of drug-likeness (QED) is 0.815. The zero-order valence-corrected chi connectivity index (χ0v) is 11.4. The van der Waals surface area contributed by atoms with Gasteiger partial charge in [-0.1, -0.05) is 19.3 Å². The SMILES string of the molecule is CC1CSCCN1CCNC1CCCCC1. The van der Waals surface area contributed by atoms with Crippen LogP contribution in [0.5, 0.6) is 0 Å². The van der Waals surface area contributed by atoms with Gasteiger partial charge in [0.05, 0.1) is 0 Å². The lowest BCUT2D eigenvalue weighted by molar-refractivity contribution is 0.225. The fourth-order valence-electron chi connectivity index (χ4n) is 2.81. The zero-order chi connectivity index (χ0) is 11.2. The number of nitrogens with zero attached hydrogens (tertiary/aromatic N) is 1. The van der Waals surface area contributed by atoms with Gasteiger partial charge in [0.1, 0.15) is 0 Å². The van der Waals surface area contributed by atoms with Crippen LogP contribution in [0.2, 0.25) is 0 Å². The highest BCUT2D eigenvalue weighted by Gasteiger charge is 2.18. The molecule has 0 aromatic carbocycles. The molecule has 1 heterocycles. The summed E-state index contributed by atoms with van der Waals surface area (Å²) in [4.78, 5) is 2.65. The van der Waals surface area contributed by atoms with Crippen LogP contribution in [0.15, 0.2) is 0 Å². The molecule has 1 unspecified atom stereocenters. The van der Waals surface area contributed by atoms with Gasteiger partial charge in [0, 0.05) is 43.2 Å². The van der Waals surface area contributed by atoms with Crippen LogP contribution in [-0.2, 0) is 0 Å². The van der Waals surface area contributed by atoms with Gasteiger partial charge < -0.3 is 5.32 Å². The molecule has 0 radical (unpaired) electrons. The van der Waals surface area contributed by atoms with Gasteiger partial charge in [0.2, 0.25) is 0 Å². The van der Waals surface area contributed by atoms with E-state index < -0.39 is 0 Å². The molecule has 3 heteroatoms. The lowest BCUT2D eigenvalue weighted by Gasteiger charge is -2.33. The first-order valence-electron chi connectivity index (χ1n) is 6.91. The first kappa shape index (κ1) is 12.7. The first-order chi connectivity index (χ1) is 7.86. The average Bonchev–Trinajstić information content (AvgIpc) is 2.33. The Morgan fingerprint density at radius 3 is 2.81 bits per heavy atom. The second kappa shape index (κ2) is 6.87. The van der Waals surface area contributed by atoms with E-state index in [0.29, 0.717) is 0 Å². The van der Waals surface area contributed by atoms with Crippen molar-refractivity contribution in [1.29, 1.82) is 0 Å². The summed E-state index contributed by atoms with van der Waals surface area (Å²) in [6.45, 7) is 6.10. The van der Waals surface area contributed by atoms with Gasteiger partial charge in [-0.05, 0) is 19.8 Å². The van der Waals surface area contributed by atoms with E-state index >= 15 is 0 Å². The van der Waals surface area contributed by atoms with Crippen molar-refractivity contribution in [3.8, 4) is 0 Å². The van der Waals surface area contributed by atoms with Crippen LogP contribution in [0.1, 0.15) is 39.0 Å². The van der Waals surface area contributed by atoms with Gasteiger partial charge in [-0.3, -0.25) is 4.90 Å². The summed E-state index contributed by atoms with van der Waals surface area (Å²) in [5, 5.41) is 3.74. The Hall–Kier alpha value is 0.270. The van der Waals surface area contributed by atoms with Crippen molar-refractivity contribution >= 4 is 11.8 Å². The highest BCUT2D eigenvalue weighted by Crippen LogP contribution is 2.18. The van der Waals surface area contributed by atoms with E-state index in [1.165, 1.54) is 63.2 Å². The lowest BCUT2D eigenvalue weighted by atomic mass is 9.95. The number of nitrogens with one attached hydrogen (secondary N) is 1. The molecule has 1 saturated carbocycles. The molecule has 1 N–H and O–H groups in total. The monoisotopic (exact) mass is 242 g/mol. The largest absolute Gasteiger partial charge is 0.313 e. The van der Waals surface area contributed by atoms with Crippen molar-refractivity contribution in [1.82, 2.24) is 10.2 Å². The summed E-state index contributed by atoms with van der Waals surface area (Å²) in [6, 6.07) is 1.61. The number of hydrogen-bond acceptors (Lipinski definition) is 3. The summed E-state index contributed by atoms with van der Waals surface area (Å²) in [5.41, 5.74) is 0. The Kier molecular flexibility index (Phi) is 5.46. The van der Waals surface area contributed by atoms with Gasteiger partial charge in [-0.2, -0.15) is 11.8 Å². The third kappa shape index (κ3) is 3.94. The van der Waals surface area contributed by atoms with Crippen LogP contribution in [-0.4, -0.2) is 48.1 Å². The topological polar surface area (TPSA) is 15.3 Å². The van der Waals surface area contributed by atoms with Crippen LogP contribution in [0.25, 0.3) is 0 Å². The molecule has 2 aliphatic rings. The molecule has 0 aromatic rings. The highest BCUT2D eigenvalue weighted by atomic mass is 32.2. The molecule has 1 aliphatic heterocycles. The Morgan fingerprint density at radius 2 is 2.06 bits per heavy atom. The Bertz CT molecular complexity index is 192. The van der Waals surface area contributed by atoms with E-state index in [1.54, 1.807) is 0 Å². The molecular weight excluding hydrogens is 216 g/mol. The first-order valence-corrected chi connectivity index (χ1v) is 8.07. The van der Waals surface area contributed by atoms with Gasteiger partial charge in [-0.15, -0.1) is 0 Å². The zero-order valence-electron chi connectivity index (χ0n) is 10.6. The number of hydrogen-bond donors (Lipinski definition) is 1. The molecule has 0 bridgehead atoms. The van der Waals surface area contributed by atoms with Gasteiger partial charge >= 0.3 is 0 Å². The predicted octanol–water partition coefficient (Wildman–Crippen LogP) is 2.35. The Labute approximate surface area is 105 Å². The van der Waals surface area contributed by atoms with Crippen LogP contribution < -0.4 is 5.32 Å². The van der Waals surface area contributed by atoms with Crippen molar-refractivity contribution in [2.24, 2.45) is 0 Å². The third-order valence-electron chi connectivity index (χ3n) is 3.94. The normalized spacial score (nSPS) is 29.4. The molecule has 0 amide bonds. The molecule has 1 atom stereocenters. The van der Waals surface area contributed by atoms with Crippen molar-refractivity contribution in [2.45, 2.75) is 51.1 Å². The van der Waals surface area contributed by atoms with E-state index in [0.717, 1.165) is 12.1 Å². The molecule has 2 rings (SSSR count). The second-order valence-corrected chi connectivity index (χ2v) is 6.40. The summed E-state index contributed by atoms with van der Waals surface area (Å²) < 4.78 is 0. The summed E-state index contributed by atoms with van der Waals surface area (Å²) >= 11 is 2.11. The molecule has 94 valence electrons. The fourth-order valence-corrected chi connectivity index (χ4v) is 3.89. The van der Waals surface area contributed by atoms with Crippen molar-refractivity contribution in [3.05, 3.63) is 0 Å². The minimum atomic E-state index is 0.784. The smallest absolute Gasteiger partial charge is 0.0158 e. The van der Waals surface area contributed by atoms with Gasteiger partial charge in [0.25, 0.3) is 0 Å². The highest BCUT2D eigenvalue weighted by molar-refractivity contribution is 7.99. The van der Waals surface area contributed by atoms with E-state index in [4.69, 9.17) is 0 Å². The molecule has 0 spiro atoms. The molecule has 1 saturated heterocycles. The van der Waals surface area contributed by atoms with Crippen LogP contribution in [0, 0.1) is 0 Å². The minimum Gasteiger partial charge on any atom is -0.313 e. The molecule has 1 aliphatic carbocycles. The lowest BCUT2D eigenvalue weighted by Crippen LogP contribution is -2.45. The van der Waals surface area contributed by atoms with E-state index in [1.807, 2.05) is 0 Å². The molecule has 2 nitrogen and oxygen atoms in total. The van der Waals surface area contributed by atoms with Crippen LogP contribution >= 0.6 is 11.8 Å². The fraction of sp³-hybridized carbons (Fsp3) is 1.00. The standard InChI is InChI=1S/C13H26N2S/c1-12-11-16-10-9-15(12)8-7-14-13-5-3-2-4-6-13/h12-14H,2-11H2,1H3. The molecule has 2 fully saturated rings. The van der Waals surface area contributed by atoms with Gasteiger partial charge in [-0.25, -0.2) is 0 Å².